The zero-order valence-electron chi connectivity index (χ0n) is 10.4. The molecule has 0 radical (unpaired) electrons. The van der Waals surface area contributed by atoms with E-state index in [1.54, 1.807) is 0 Å². The van der Waals surface area contributed by atoms with Crippen molar-refractivity contribution in [2.75, 3.05) is 26.2 Å². The lowest BCUT2D eigenvalue weighted by Crippen LogP contribution is -2.57. The summed E-state index contributed by atoms with van der Waals surface area (Å²) in [5, 5.41) is 3.50. The van der Waals surface area contributed by atoms with Crippen LogP contribution in [0.3, 0.4) is 0 Å². The van der Waals surface area contributed by atoms with Crippen LogP contribution in [0.2, 0.25) is 0 Å². The van der Waals surface area contributed by atoms with Gasteiger partial charge in [0.25, 0.3) is 0 Å². The van der Waals surface area contributed by atoms with Gasteiger partial charge >= 0.3 is 0 Å². The second kappa shape index (κ2) is 4.63. The third-order valence-corrected chi connectivity index (χ3v) is 2.95. The first-order valence-electron chi connectivity index (χ1n) is 5.86. The van der Waals surface area contributed by atoms with Gasteiger partial charge in [-0.15, -0.1) is 0 Å². The molecule has 0 aromatic rings. The Morgan fingerprint density at radius 1 is 1.36 bits per heavy atom. The molecule has 1 rings (SSSR count). The molecule has 1 N–H and O–H groups in total. The van der Waals surface area contributed by atoms with Crippen LogP contribution in [0, 0.1) is 11.3 Å². The monoisotopic (exact) mass is 198 g/mol. The first-order chi connectivity index (χ1) is 6.41. The molecule has 1 aliphatic heterocycles. The summed E-state index contributed by atoms with van der Waals surface area (Å²) < 4.78 is 0. The molecule has 1 atom stereocenters. The van der Waals surface area contributed by atoms with Gasteiger partial charge < -0.3 is 5.32 Å². The molecule has 84 valence electrons. The van der Waals surface area contributed by atoms with Crippen molar-refractivity contribution in [1.29, 1.82) is 0 Å². The number of hydrogen-bond donors (Lipinski definition) is 1. The summed E-state index contributed by atoms with van der Waals surface area (Å²) in [4.78, 5) is 2.65. The maximum absolute atomic E-state index is 3.50. The molecular weight excluding hydrogens is 172 g/mol. The molecule has 2 heteroatoms. The number of hydrogen-bond acceptors (Lipinski definition) is 2. The highest BCUT2D eigenvalue weighted by atomic mass is 15.2. The third-order valence-electron chi connectivity index (χ3n) is 2.95. The van der Waals surface area contributed by atoms with E-state index < -0.39 is 0 Å². The Morgan fingerprint density at radius 3 is 2.50 bits per heavy atom. The molecule has 0 saturated carbocycles. The quantitative estimate of drug-likeness (QED) is 0.730. The van der Waals surface area contributed by atoms with E-state index in [4.69, 9.17) is 0 Å². The standard InChI is InChI=1S/C12H26N2/c1-10(2)9-14-7-6-13-8-11(14)12(3,4)5/h10-11,13H,6-9H2,1-5H3/t11-/m0/s1. The molecule has 0 aromatic carbocycles. The largest absolute Gasteiger partial charge is 0.314 e. The molecule has 1 saturated heterocycles. The van der Waals surface area contributed by atoms with Crippen molar-refractivity contribution in [2.45, 2.75) is 40.7 Å². The van der Waals surface area contributed by atoms with Gasteiger partial charge in [0.1, 0.15) is 0 Å². The summed E-state index contributed by atoms with van der Waals surface area (Å²) in [7, 11) is 0. The Balaban J connectivity index is 2.59. The van der Waals surface area contributed by atoms with E-state index in [2.05, 4.69) is 44.8 Å². The fourth-order valence-electron chi connectivity index (χ4n) is 2.29. The van der Waals surface area contributed by atoms with Gasteiger partial charge in [0.2, 0.25) is 0 Å². The minimum atomic E-state index is 0.391. The predicted molar refractivity (Wildman–Crippen MR) is 62.5 cm³/mol. The Kier molecular flexibility index (Phi) is 3.96. The van der Waals surface area contributed by atoms with Crippen LogP contribution in [0.15, 0.2) is 0 Å². The maximum atomic E-state index is 3.50. The second-order valence-corrected chi connectivity index (χ2v) is 5.97. The van der Waals surface area contributed by atoms with E-state index in [1.165, 1.54) is 13.1 Å². The lowest BCUT2D eigenvalue weighted by molar-refractivity contribution is 0.0655. The number of rotatable bonds is 2. The topological polar surface area (TPSA) is 15.3 Å². The number of piperazine rings is 1. The summed E-state index contributed by atoms with van der Waals surface area (Å²) in [6.07, 6.45) is 0. The van der Waals surface area contributed by atoms with Gasteiger partial charge in [-0.05, 0) is 11.3 Å². The second-order valence-electron chi connectivity index (χ2n) is 5.97. The number of nitrogens with zero attached hydrogens (tertiary/aromatic N) is 1. The number of nitrogens with one attached hydrogen (secondary N) is 1. The van der Waals surface area contributed by atoms with Crippen LogP contribution in [0.25, 0.3) is 0 Å². The van der Waals surface area contributed by atoms with E-state index in [1.807, 2.05) is 0 Å². The van der Waals surface area contributed by atoms with Crippen molar-refractivity contribution < 1.29 is 0 Å². The lowest BCUT2D eigenvalue weighted by atomic mass is 9.84. The minimum absolute atomic E-state index is 0.391. The molecule has 14 heavy (non-hydrogen) atoms. The Morgan fingerprint density at radius 2 is 2.00 bits per heavy atom. The minimum Gasteiger partial charge on any atom is -0.314 e. The predicted octanol–water partition coefficient (Wildman–Crippen LogP) is 1.96. The van der Waals surface area contributed by atoms with Crippen LogP contribution in [-0.2, 0) is 0 Å². The Labute approximate surface area is 89.1 Å². The molecule has 0 bridgehead atoms. The normalized spacial score (nSPS) is 25.7. The summed E-state index contributed by atoms with van der Waals surface area (Å²) >= 11 is 0. The lowest BCUT2D eigenvalue weighted by Gasteiger charge is -2.44. The van der Waals surface area contributed by atoms with Crippen molar-refractivity contribution in [3.05, 3.63) is 0 Å². The van der Waals surface area contributed by atoms with E-state index >= 15 is 0 Å². The fraction of sp³-hybridized carbons (Fsp3) is 1.00. The van der Waals surface area contributed by atoms with Gasteiger partial charge in [-0.3, -0.25) is 4.90 Å². The van der Waals surface area contributed by atoms with Crippen LogP contribution >= 0.6 is 0 Å². The van der Waals surface area contributed by atoms with Gasteiger partial charge in [-0.1, -0.05) is 34.6 Å². The van der Waals surface area contributed by atoms with Gasteiger partial charge in [0.05, 0.1) is 0 Å². The van der Waals surface area contributed by atoms with E-state index in [-0.39, 0.29) is 0 Å². The zero-order chi connectivity index (χ0) is 10.8. The Hall–Kier alpha value is -0.0800. The highest BCUT2D eigenvalue weighted by Gasteiger charge is 2.32. The molecule has 1 heterocycles. The first kappa shape index (κ1) is 12.0. The zero-order valence-corrected chi connectivity index (χ0v) is 10.4. The van der Waals surface area contributed by atoms with Crippen LogP contribution < -0.4 is 5.32 Å². The van der Waals surface area contributed by atoms with Gasteiger partial charge in [0.15, 0.2) is 0 Å². The molecule has 0 aromatic heterocycles. The van der Waals surface area contributed by atoms with Crippen molar-refractivity contribution in [3.63, 3.8) is 0 Å². The van der Waals surface area contributed by atoms with Crippen molar-refractivity contribution >= 4 is 0 Å². The fourth-order valence-corrected chi connectivity index (χ4v) is 2.29. The van der Waals surface area contributed by atoms with Crippen LogP contribution in [0.1, 0.15) is 34.6 Å². The van der Waals surface area contributed by atoms with Crippen LogP contribution in [0.4, 0.5) is 0 Å². The smallest absolute Gasteiger partial charge is 0.0269 e. The molecule has 0 amide bonds. The van der Waals surface area contributed by atoms with Crippen molar-refractivity contribution in [3.8, 4) is 0 Å². The van der Waals surface area contributed by atoms with E-state index in [9.17, 15) is 0 Å². The van der Waals surface area contributed by atoms with Gasteiger partial charge in [-0.2, -0.15) is 0 Å². The summed E-state index contributed by atoms with van der Waals surface area (Å²) in [5.74, 6) is 0.776. The summed E-state index contributed by atoms with van der Waals surface area (Å²) in [5.41, 5.74) is 0.391. The molecule has 2 nitrogen and oxygen atoms in total. The van der Waals surface area contributed by atoms with E-state index in [0.29, 0.717) is 11.5 Å². The van der Waals surface area contributed by atoms with E-state index in [0.717, 1.165) is 19.0 Å². The molecular formula is C12H26N2. The first-order valence-corrected chi connectivity index (χ1v) is 5.86. The van der Waals surface area contributed by atoms with Crippen molar-refractivity contribution in [1.82, 2.24) is 10.2 Å². The average Bonchev–Trinajstić information content (AvgIpc) is 2.01. The highest BCUT2D eigenvalue weighted by Crippen LogP contribution is 2.25. The average molecular weight is 198 g/mol. The van der Waals surface area contributed by atoms with Crippen LogP contribution in [-0.4, -0.2) is 37.1 Å². The van der Waals surface area contributed by atoms with Gasteiger partial charge in [0, 0.05) is 32.2 Å². The molecule has 1 fully saturated rings. The van der Waals surface area contributed by atoms with Crippen molar-refractivity contribution in [2.24, 2.45) is 11.3 Å². The molecule has 0 aliphatic carbocycles. The molecule has 0 unspecified atom stereocenters. The molecule has 0 spiro atoms. The summed E-state index contributed by atoms with van der Waals surface area (Å²) in [6.45, 7) is 16.4. The Bertz CT molecular complexity index is 170. The van der Waals surface area contributed by atoms with Gasteiger partial charge in [-0.25, -0.2) is 0 Å². The maximum Gasteiger partial charge on any atom is 0.0269 e. The highest BCUT2D eigenvalue weighted by molar-refractivity contribution is 4.88. The van der Waals surface area contributed by atoms with Crippen LogP contribution in [0.5, 0.6) is 0 Å². The third kappa shape index (κ3) is 3.25. The SMILES string of the molecule is CC(C)CN1CCNC[C@H]1C(C)(C)C. The molecule has 1 aliphatic rings. The summed E-state index contributed by atoms with van der Waals surface area (Å²) in [6, 6.07) is 0.693.